The molecule has 1 saturated heterocycles. The summed E-state index contributed by atoms with van der Waals surface area (Å²) in [5.41, 5.74) is 2.98. The van der Waals surface area contributed by atoms with Crippen molar-refractivity contribution in [1.82, 2.24) is 29.5 Å². The van der Waals surface area contributed by atoms with Crippen LogP contribution in [0.25, 0.3) is 17.1 Å². The average molecular weight is 430 g/mol. The molecule has 1 aliphatic rings. The SMILES string of the molecule is CCn1cc(-n2ccc(=O)c(Cc3cccc(-c4ncc(OC5COC5)cn4)c3)n2)cn1. The molecule has 4 aromatic rings. The first-order valence-corrected chi connectivity index (χ1v) is 10.5. The van der Waals surface area contributed by atoms with Gasteiger partial charge in [-0.15, -0.1) is 0 Å². The molecule has 32 heavy (non-hydrogen) atoms. The molecule has 0 radical (unpaired) electrons. The Morgan fingerprint density at radius 1 is 1.16 bits per heavy atom. The van der Waals surface area contributed by atoms with Crippen LogP contribution >= 0.6 is 0 Å². The van der Waals surface area contributed by atoms with Gasteiger partial charge in [0.1, 0.15) is 17.5 Å². The van der Waals surface area contributed by atoms with E-state index < -0.39 is 0 Å². The van der Waals surface area contributed by atoms with E-state index in [0.717, 1.165) is 23.4 Å². The van der Waals surface area contributed by atoms with E-state index in [4.69, 9.17) is 9.47 Å². The first-order chi connectivity index (χ1) is 15.7. The van der Waals surface area contributed by atoms with Crippen LogP contribution in [0.4, 0.5) is 0 Å². The third-order valence-electron chi connectivity index (χ3n) is 5.18. The quantitative estimate of drug-likeness (QED) is 0.444. The monoisotopic (exact) mass is 430 g/mol. The molecule has 1 fully saturated rings. The average Bonchev–Trinajstić information content (AvgIpc) is 3.28. The minimum Gasteiger partial charge on any atom is -0.482 e. The molecule has 0 N–H and O–H groups in total. The fraction of sp³-hybridized carbons (Fsp3) is 0.261. The van der Waals surface area contributed by atoms with E-state index in [-0.39, 0.29) is 11.5 Å². The molecule has 9 nitrogen and oxygen atoms in total. The number of hydrogen-bond acceptors (Lipinski definition) is 7. The number of aryl methyl sites for hydroxylation is 1. The van der Waals surface area contributed by atoms with Gasteiger partial charge in [0, 0.05) is 30.8 Å². The van der Waals surface area contributed by atoms with Gasteiger partial charge in [0.2, 0.25) is 5.43 Å². The zero-order valence-electron chi connectivity index (χ0n) is 17.6. The minimum absolute atomic E-state index is 0.0755. The number of benzene rings is 1. The maximum atomic E-state index is 12.4. The van der Waals surface area contributed by atoms with Crippen molar-refractivity contribution in [2.45, 2.75) is 26.0 Å². The highest BCUT2D eigenvalue weighted by Gasteiger charge is 2.20. The lowest BCUT2D eigenvalue weighted by atomic mass is 10.1. The largest absolute Gasteiger partial charge is 0.482 e. The van der Waals surface area contributed by atoms with Gasteiger partial charge in [-0.2, -0.15) is 10.2 Å². The normalized spacial score (nSPS) is 13.7. The van der Waals surface area contributed by atoms with Crippen LogP contribution in [-0.4, -0.2) is 48.8 Å². The van der Waals surface area contributed by atoms with Gasteiger partial charge in [-0.3, -0.25) is 9.48 Å². The first kappa shape index (κ1) is 20.1. The highest BCUT2D eigenvalue weighted by atomic mass is 16.6. The molecule has 0 aliphatic carbocycles. The number of aromatic nitrogens is 6. The zero-order chi connectivity index (χ0) is 21.9. The summed E-state index contributed by atoms with van der Waals surface area (Å²) in [6, 6.07) is 9.34. The number of nitrogens with zero attached hydrogens (tertiary/aromatic N) is 6. The van der Waals surface area contributed by atoms with Gasteiger partial charge in [-0.25, -0.2) is 14.6 Å². The summed E-state index contributed by atoms with van der Waals surface area (Å²) in [6.45, 7) is 3.98. The van der Waals surface area contributed by atoms with E-state index >= 15 is 0 Å². The predicted octanol–water partition coefficient (Wildman–Crippen LogP) is 2.27. The van der Waals surface area contributed by atoms with Crippen LogP contribution in [-0.2, 0) is 17.7 Å². The van der Waals surface area contributed by atoms with Crippen LogP contribution in [0.5, 0.6) is 5.75 Å². The topological polar surface area (TPSA) is 97.0 Å². The fourth-order valence-electron chi connectivity index (χ4n) is 3.37. The third kappa shape index (κ3) is 4.28. The van der Waals surface area contributed by atoms with E-state index in [1.54, 1.807) is 29.5 Å². The van der Waals surface area contributed by atoms with Crippen molar-refractivity contribution < 1.29 is 9.47 Å². The lowest BCUT2D eigenvalue weighted by Gasteiger charge is -2.26. The van der Waals surface area contributed by atoms with E-state index in [1.165, 1.54) is 6.07 Å². The second kappa shape index (κ2) is 8.72. The van der Waals surface area contributed by atoms with Crippen LogP contribution in [0.2, 0.25) is 0 Å². The molecule has 0 unspecified atom stereocenters. The van der Waals surface area contributed by atoms with Crippen LogP contribution in [0, 0.1) is 0 Å². The highest BCUT2D eigenvalue weighted by Crippen LogP contribution is 2.20. The summed E-state index contributed by atoms with van der Waals surface area (Å²) in [5, 5.41) is 8.80. The van der Waals surface area contributed by atoms with Crippen molar-refractivity contribution in [3.8, 4) is 22.8 Å². The summed E-state index contributed by atoms with van der Waals surface area (Å²) in [6.07, 6.45) is 9.10. The van der Waals surface area contributed by atoms with Crippen LogP contribution < -0.4 is 10.2 Å². The van der Waals surface area contributed by atoms with Crippen molar-refractivity contribution in [3.05, 3.63) is 82.8 Å². The smallest absolute Gasteiger partial charge is 0.203 e. The van der Waals surface area contributed by atoms with Gasteiger partial charge < -0.3 is 9.47 Å². The summed E-state index contributed by atoms with van der Waals surface area (Å²) < 4.78 is 14.3. The molecule has 5 rings (SSSR count). The second-order valence-electron chi connectivity index (χ2n) is 7.52. The molecule has 0 spiro atoms. The molecule has 162 valence electrons. The molecule has 0 atom stereocenters. The minimum atomic E-state index is -0.104. The van der Waals surface area contributed by atoms with Crippen LogP contribution in [0.3, 0.4) is 0 Å². The van der Waals surface area contributed by atoms with Crippen molar-refractivity contribution in [2.75, 3.05) is 13.2 Å². The fourth-order valence-corrected chi connectivity index (χ4v) is 3.37. The standard InChI is InChI=1S/C23H22N6O3/c1-2-28-13-18(10-26-28)29-7-6-22(30)21(27-29)9-16-4-3-5-17(8-16)23-24-11-19(12-25-23)32-20-14-31-15-20/h3-8,10-13,20H,2,9,14-15H2,1H3. The van der Waals surface area contributed by atoms with Gasteiger partial charge in [-0.05, 0) is 18.6 Å². The Morgan fingerprint density at radius 3 is 2.72 bits per heavy atom. The molecule has 3 aromatic heterocycles. The van der Waals surface area contributed by atoms with Crippen LogP contribution in [0.1, 0.15) is 18.2 Å². The van der Waals surface area contributed by atoms with Gasteiger partial charge in [0.25, 0.3) is 0 Å². The molecule has 0 saturated carbocycles. The lowest BCUT2D eigenvalue weighted by Crippen LogP contribution is -2.38. The third-order valence-corrected chi connectivity index (χ3v) is 5.18. The Kier molecular flexibility index (Phi) is 5.47. The molecule has 1 aromatic carbocycles. The van der Waals surface area contributed by atoms with Crippen molar-refractivity contribution in [2.24, 2.45) is 0 Å². The van der Waals surface area contributed by atoms with Crippen molar-refractivity contribution >= 4 is 0 Å². The summed E-state index contributed by atoms with van der Waals surface area (Å²) in [4.78, 5) is 21.3. The summed E-state index contributed by atoms with van der Waals surface area (Å²) in [7, 11) is 0. The Balaban J connectivity index is 1.35. The Morgan fingerprint density at radius 2 is 2.00 bits per heavy atom. The van der Waals surface area contributed by atoms with Crippen LogP contribution in [0.15, 0.2) is 66.1 Å². The second-order valence-corrected chi connectivity index (χ2v) is 7.52. The number of ether oxygens (including phenoxy) is 2. The van der Waals surface area contributed by atoms with Gasteiger partial charge in [0.05, 0.1) is 38.0 Å². The number of hydrogen-bond donors (Lipinski definition) is 0. The van der Waals surface area contributed by atoms with Crippen molar-refractivity contribution in [3.63, 3.8) is 0 Å². The van der Waals surface area contributed by atoms with Gasteiger partial charge in [-0.1, -0.05) is 18.2 Å². The molecule has 0 bridgehead atoms. The Labute approximate surface area is 184 Å². The zero-order valence-corrected chi connectivity index (χ0v) is 17.6. The first-order valence-electron chi connectivity index (χ1n) is 10.5. The lowest BCUT2D eigenvalue weighted by molar-refractivity contribution is -0.0799. The molecular weight excluding hydrogens is 408 g/mol. The predicted molar refractivity (Wildman–Crippen MR) is 117 cm³/mol. The van der Waals surface area contributed by atoms with E-state index in [0.29, 0.717) is 36.9 Å². The Hall–Kier alpha value is -3.85. The van der Waals surface area contributed by atoms with E-state index in [2.05, 4.69) is 20.2 Å². The van der Waals surface area contributed by atoms with E-state index in [9.17, 15) is 4.79 Å². The maximum absolute atomic E-state index is 12.4. The van der Waals surface area contributed by atoms with Gasteiger partial charge >= 0.3 is 0 Å². The number of rotatable bonds is 7. The molecule has 9 heteroatoms. The highest BCUT2D eigenvalue weighted by molar-refractivity contribution is 5.56. The van der Waals surface area contributed by atoms with E-state index in [1.807, 2.05) is 42.1 Å². The Bertz CT molecular complexity index is 1280. The molecule has 1 aliphatic heterocycles. The molecule has 4 heterocycles. The van der Waals surface area contributed by atoms with Crippen molar-refractivity contribution in [1.29, 1.82) is 0 Å². The maximum Gasteiger partial charge on any atom is 0.203 e. The van der Waals surface area contributed by atoms with Gasteiger partial charge in [0.15, 0.2) is 11.6 Å². The molecule has 0 amide bonds. The summed E-state index contributed by atoms with van der Waals surface area (Å²) >= 11 is 0. The molecular formula is C23H22N6O3. The summed E-state index contributed by atoms with van der Waals surface area (Å²) in [5.74, 6) is 1.22.